The number of anilines is 2. The van der Waals surface area contributed by atoms with Crippen LogP contribution in [0, 0.1) is 0 Å². The van der Waals surface area contributed by atoms with Gasteiger partial charge in [-0.05, 0) is 45.0 Å². The van der Waals surface area contributed by atoms with Crippen LogP contribution < -0.4 is 21.7 Å². The minimum Gasteiger partial charge on any atom is -0.444 e. The van der Waals surface area contributed by atoms with Gasteiger partial charge in [-0.25, -0.2) is 4.79 Å². The van der Waals surface area contributed by atoms with Crippen LogP contribution in [0.1, 0.15) is 34.6 Å². The van der Waals surface area contributed by atoms with Crippen LogP contribution in [-0.2, 0) is 14.3 Å². The summed E-state index contributed by atoms with van der Waals surface area (Å²) in [6.45, 7) is 9.35. The second-order valence-corrected chi connectivity index (χ2v) is 10.5. The van der Waals surface area contributed by atoms with Gasteiger partial charge in [0.05, 0.1) is 11.7 Å². The predicted octanol–water partition coefficient (Wildman–Crippen LogP) is 5.00. The first kappa shape index (κ1) is 31.3. The molecule has 1 heterocycles. The fourth-order valence-corrected chi connectivity index (χ4v) is 4.73. The fraction of sp³-hybridized carbons (Fsp3) is 0.423. The number of alkyl carbamates (subject to hydrolysis) is 1. The van der Waals surface area contributed by atoms with Gasteiger partial charge in [-0.1, -0.05) is 38.1 Å². The van der Waals surface area contributed by atoms with Crippen LogP contribution in [0.15, 0.2) is 58.3 Å². The van der Waals surface area contributed by atoms with Gasteiger partial charge in [0.1, 0.15) is 17.9 Å². The van der Waals surface area contributed by atoms with E-state index in [0.717, 1.165) is 27.5 Å². The Morgan fingerprint density at radius 3 is 2.50 bits per heavy atom. The van der Waals surface area contributed by atoms with Crippen LogP contribution >= 0.6 is 23.5 Å². The van der Waals surface area contributed by atoms with E-state index >= 15 is 0 Å². The number of carbonyl (C=O) groups is 3. The molecule has 0 bridgehead atoms. The number of nitrogens with two attached hydrogens (primary N) is 1. The summed E-state index contributed by atoms with van der Waals surface area (Å²) in [5.74, 6) is 0.859. The summed E-state index contributed by atoms with van der Waals surface area (Å²) in [7, 11) is 1.87. The summed E-state index contributed by atoms with van der Waals surface area (Å²) in [6, 6.07) is 14.5. The normalized spacial score (nSPS) is 15.2. The number of fused-ring (bicyclic) bond motifs is 1. The van der Waals surface area contributed by atoms with E-state index in [1.54, 1.807) is 32.5 Å². The summed E-state index contributed by atoms with van der Waals surface area (Å²) >= 11 is 3.11. The SMILES string of the molecule is CC.CC(C)(C)OC(=O)N[C@H]1CSc2ccccc2NC1=O.CNc1ccccc1SC[C@H](N)C=O. The Morgan fingerprint density at radius 1 is 1.22 bits per heavy atom. The molecular formula is C26H38N4O4S2. The van der Waals surface area contributed by atoms with Crippen molar-refractivity contribution in [1.82, 2.24) is 5.32 Å². The zero-order valence-corrected chi connectivity index (χ0v) is 23.4. The molecule has 0 aliphatic carbocycles. The highest BCUT2D eigenvalue weighted by molar-refractivity contribution is 7.99. The Hall–Kier alpha value is -2.69. The van der Waals surface area contributed by atoms with Gasteiger partial charge < -0.3 is 31.2 Å². The van der Waals surface area contributed by atoms with Gasteiger partial charge in [0.25, 0.3) is 0 Å². The quantitative estimate of drug-likeness (QED) is 0.302. The number of ether oxygens (including phenoxy) is 1. The van der Waals surface area contributed by atoms with Crippen LogP contribution in [0.3, 0.4) is 0 Å². The highest BCUT2D eigenvalue weighted by Gasteiger charge is 2.27. The summed E-state index contributed by atoms with van der Waals surface area (Å²) < 4.78 is 5.17. The first-order valence-electron chi connectivity index (χ1n) is 11.8. The van der Waals surface area contributed by atoms with E-state index in [4.69, 9.17) is 10.5 Å². The lowest BCUT2D eigenvalue weighted by Gasteiger charge is -2.22. The van der Waals surface area contributed by atoms with E-state index in [0.29, 0.717) is 11.5 Å². The molecule has 0 fully saturated rings. The van der Waals surface area contributed by atoms with E-state index in [1.165, 1.54) is 11.8 Å². The molecule has 0 aromatic heterocycles. The second kappa shape index (κ2) is 16.1. The van der Waals surface area contributed by atoms with Gasteiger partial charge in [-0.15, -0.1) is 23.5 Å². The summed E-state index contributed by atoms with van der Waals surface area (Å²) in [4.78, 5) is 36.3. The van der Waals surface area contributed by atoms with Gasteiger partial charge in [0, 0.05) is 34.0 Å². The minimum absolute atomic E-state index is 0.228. The Bertz CT molecular complexity index is 982. The number of carbonyl (C=O) groups excluding carboxylic acids is 3. The number of nitrogens with one attached hydrogen (secondary N) is 3. The molecule has 0 unspecified atom stereocenters. The fourth-order valence-electron chi connectivity index (χ4n) is 2.75. The molecule has 2 atom stereocenters. The molecule has 2 aromatic carbocycles. The average Bonchev–Trinajstić information content (AvgIpc) is 3.01. The van der Waals surface area contributed by atoms with Crippen LogP contribution in [0.2, 0.25) is 0 Å². The highest BCUT2D eigenvalue weighted by atomic mass is 32.2. The third-order valence-electron chi connectivity index (χ3n) is 4.32. The lowest BCUT2D eigenvalue weighted by atomic mass is 10.2. The number of thioether (sulfide) groups is 2. The van der Waals surface area contributed by atoms with E-state index in [2.05, 4.69) is 16.0 Å². The largest absolute Gasteiger partial charge is 0.444 e. The minimum atomic E-state index is -0.609. The standard InChI is InChI=1S/C14H18N2O3S.C10H14N2OS.C2H6/c1-14(2,3)19-13(18)16-10-8-20-11-7-5-4-6-9(11)15-12(10)17;1-12-9-4-2-3-5-10(9)14-7-8(11)6-13;1-2/h4-7,10H,8H2,1-3H3,(H,15,17)(H,16,18);2-6,8,12H,7,11H2,1H3;1-2H3/t10-;8-;/m01./s1. The van der Waals surface area contributed by atoms with E-state index < -0.39 is 17.7 Å². The van der Waals surface area contributed by atoms with Crippen molar-refractivity contribution in [3.05, 3.63) is 48.5 Å². The maximum atomic E-state index is 12.1. The third kappa shape index (κ3) is 11.4. The number of para-hydroxylation sites is 2. The topological polar surface area (TPSA) is 123 Å². The molecule has 2 aromatic rings. The monoisotopic (exact) mass is 534 g/mol. The number of amides is 2. The van der Waals surface area contributed by atoms with Gasteiger partial charge in [-0.3, -0.25) is 4.79 Å². The molecule has 0 saturated carbocycles. The van der Waals surface area contributed by atoms with Crippen LogP contribution in [0.25, 0.3) is 0 Å². The Balaban J connectivity index is 0.000000356. The van der Waals surface area contributed by atoms with Gasteiger partial charge in [0.15, 0.2) is 0 Å². The molecule has 10 heteroatoms. The number of hydrogen-bond acceptors (Lipinski definition) is 8. The van der Waals surface area contributed by atoms with Gasteiger partial charge in [0.2, 0.25) is 5.91 Å². The van der Waals surface area contributed by atoms with Crippen molar-refractivity contribution in [1.29, 1.82) is 0 Å². The molecule has 2 amide bonds. The van der Waals surface area contributed by atoms with E-state index in [9.17, 15) is 14.4 Å². The first-order valence-corrected chi connectivity index (χ1v) is 13.7. The van der Waals surface area contributed by atoms with Gasteiger partial charge in [-0.2, -0.15) is 0 Å². The van der Waals surface area contributed by atoms with Crippen LogP contribution in [-0.4, -0.2) is 54.5 Å². The molecule has 198 valence electrons. The Labute approximate surface area is 222 Å². The zero-order valence-electron chi connectivity index (χ0n) is 21.8. The zero-order chi connectivity index (χ0) is 27.1. The van der Waals surface area contributed by atoms with E-state index in [-0.39, 0.29) is 11.9 Å². The van der Waals surface area contributed by atoms with Crippen molar-refractivity contribution < 1.29 is 19.1 Å². The van der Waals surface area contributed by atoms with Crippen molar-refractivity contribution in [3.63, 3.8) is 0 Å². The van der Waals surface area contributed by atoms with Crippen molar-refractivity contribution in [2.24, 2.45) is 5.73 Å². The molecule has 1 aliphatic heterocycles. The van der Waals surface area contributed by atoms with Crippen molar-refractivity contribution in [3.8, 4) is 0 Å². The lowest BCUT2D eigenvalue weighted by Crippen LogP contribution is -2.46. The van der Waals surface area contributed by atoms with Crippen molar-refractivity contribution in [2.75, 3.05) is 29.2 Å². The van der Waals surface area contributed by atoms with Crippen LogP contribution in [0.5, 0.6) is 0 Å². The van der Waals surface area contributed by atoms with Crippen molar-refractivity contribution in [2.45, 2.75) is 62.1 Å². The summed E-state index contributed by atoms with van der Waals surface area (Å²) in [5, 5.41) is 8.50. The molecular weight excluding hydrogens is 496 g/mol. The number of hydrogen-bond donors (Lipinski definition) is 4. The van der Waals surface area contributed by atoms with Crippen LogP contribution in [0.4, 0.5) is 16.2 Å². The number of rotatable bonds is 6. The number of aldehydes is 1. The maximum Gasteiger partial charge on any atom is 0.408 e. The molecule has 3 rings (SSSR count). The smallest absolute Gasteiger partial charge is 0.408 e. The van der Waals surface area contributed by atoms with E-state index in [1.807, 2.05) is 69.4 Å². The molecule has 0 spiro atoms. The first-order chi connectivity index (χ1) is 17.1. The molecule has 1 aliphatic rings. The molecule has 0 saturated heterocycles. The highest BCUT2D eigenvalue weighted by Crippen LogP contribution is 2.30. The van der Waals surface area contributed by atoms with Crippen molar-refractivity contribution >= 4 is 53.2 Å². The summed E-state index contributed by atoms with van der Waals surface area (Å²) in [5.41, 5.74) is 6.76. The molecule has 5 N–H and O–H groups in total. The average molecular weight is 535 g/mol. The predicted molar refractivity (Wildman–Crippen MR) is 151 cm³/mol. The molecule has 0 radical (unpaired) electrons. The molecule has 8 nitrogen and oxygen atoms in total. The summed E-state index contributed by atoms with van der Waals surface area (Å²) in [6.07, 6.45) is 0.193. The Kier molecular flexibility index (Phi) is 14.0. The lowest BCUT2D eigenvalue weighted by molar-refractivity contribution is -0.117. The maximum absolute atomic E-state index is 12.1. The number of benzene rings is 2. The Morgan fingerprint density at radius 2 is 1.86 bits per heavy atom. The third-order valence-corrected chi connectivity index (χ3v) is 6.71. The van der Waals surface area contributed by atoms with Gasteiger partial charge >= 0.3 is 6.09 Å². The molecule has 36 heavy (non-hydrogen) atoms. The second-order valence-electron chi connectivity index (χ2n) is 8.35.